The first-order valence-electron chi connectivity index (χ1n) is 3.51. The molecule has 2 N–H and O–H groups in total. The molecule has 1 aromatic heterocycles. The Bertz CT molecular complexity index is 259. The van der Waals surface area contributed by atoms with Crippen LogP contribution in [0.1, 0.15) is 24.7 Å². The van der Waals surface area contributed by atoms with E-state index < -0.39 is 0 Å². The van der Waals surface area contributed by atoms with Crippen LogP contribution in [0.3, 0.4) is 0 Å². The van der Waals surface area contributed by atoms with E-state index in [0.717, 1.165) is 17.6 Å². The summed E-state index contributed by atoms with van der Waals surface area (Å²) in [6.45, 7) is 4.20. The van der Waals surface area contributed by atoms with Gasteiger partial charge in [-0.1, -0.05) is 13.3 Å². The van der Waals surface area contributed by atoms with Crippen molar-refractivity contribution in [3.8, 4) is 0 Å². The molecule has 0 aliphatic carbocycles. The SMILES string of the molecule is CCCc1[nH]c(=S)[nH]c1C. The molecular weight excluding hydrogens is 144 g/mol. The summed E-state index contributed by atoms with van der Waals surface area (Å²) in [7, 11) is 0. The van der Waals surface area contributed by atoms with Crippen molar-refractivity contribution in [1.82, 2.24) is 9.97 Å². The minimum absolute atomic E-state index is 0.737. The molecule has 0 aromatic carbocycles. The van der Waals surface area contributed by atoms with Crippen molar-refractivity contribution in [3.63, 3.8) is 0 Å². The number of hydrogen-bond donors (Lipinski definition) is 2. The Morgan fingerprint density at radius 2 is 2.10 bits per heavy atom. The van der Waals surface area contributed by atoms with Crippen molar-refractivity contribution < 1.29 is 0 Å². The van der Waals surface area contributed by atoms with E-state index >= 15 is 0 Å². The zero-order valence-electron chi connectivity index (χ0n) is 6.32. The lowest BCUT2D eigenvalue weighted by Gasteiger charge is -1.92. The van der Waals surface area contributed by atoms with Crippen LogP contribution >= 0.6 is 12.2 Å². The van der Waals surface area contributed by atoms with Gasteiger partial charge in [0.1, 0.15) is 0 Å². The van der Waals surface area contributed by atoms with E-state index in [1.165, 1.54) is 11.4 Å². The van der Waals surface area contributed by atoms with Crippen molar-refractivity contribution in [2.45, 2.75) is 26.7 Å². The van der Waals surface area contributed by atoms with E-state index in [0.29, 0.717) is 0 Å². The van der Waals surface area contributed by atoms with Gasteiger partial charge in [0.05, 0.1) is 0 Å². The Balaban J connectivity index is 2.92. The molecule has 1 heterocycles. The molecular formula is C7H12N2S. The van der Waals surface area contributed by atoms with Gasteiger partial charge in [-0.05, 0) is 25.6 Å². The number of H-pyrrole nitrogens is 2. The molecule has 0 saturated carbocycles. The van der Waals surface area contributed by atoms with E-state index in [4.69, 9.17) is 12.2 Å². The molecule has 0 aliphatic heterocycles. The number of aromatic nitrogens is 2. The second kappa shape index (κ2) is 3.01. The maximum Gasteiger partial charge on any atom is 0.174 e. The maximum absolute atomic E-state index is 4.92. The Morgan fingerprint density at radius 3 is 2.50 bits per heavy atom. The molecule has 0 atom stereocenters. The molecule has 0 spiro atoms. The standard InChI is InChI=1S/C7H12N2S/c1-3-4-6-5(2)8-7(10)9-6/h3-4H2,1-2H3,(H2,8,9,10). The van der Waals surface area contributed by atoms with Crippen LogP contribution in [-0.2, 0) is 6.42 Å². The van der Waals surface area contributed by atoms with Gasteiger partial charge in [0.2, 0.25) is 0 Å². The van der Waals surface area contributed by atoms with Gasteiger partial charge in [0, 0.05) is 11.4 Å². The molecule has 0 bridgehead atoms. The van der Waals surface area contributed by atoms with Crippen LogP contribution in [0.5, 0.6) is 0 Å². The highest BCUT2D eigenvalue weighted by Gasteiger charge is 1.97. The van der Waals surface area contributed by atoms with Crippen molar-refractivity contribution in [1.29, 1.82) is 0 Å². The topological polar surface area (TPSA) is 31.6 Å². The second-order valence-electron chi connectivity index (χ2n) is 2.43. The van der Waals surface area contributed by atoms with Gasteiger partial charge in [-0.2, -0.15) is 0 Å². The van der Waals surface area contributed by atoms with Gasteiger partial charge >= 0.3 is 0 Å². The third-order valence-corrected chi connectivity index (χ3v) is 1.72. The van der Waals surface area contributed by atoms with Crippen LogP contribution in [0, 0.1) is 11.7 Å². The van der Waals surface area contributed by atoms with E-state index in [2.05, 4.69) is 16.9 Å². The van der Waals surface area contributed by atoms with Gasteiger partial charge in [0.15, 0.2) is 4.77 Å². The summed E-state index contributed by atoms with van der Waals surface area (Å²) in [5, 5.41) is 0. The maximum atomic E-state index is 4.92. The fourth-order valence-electron chi connectivity index (χ4n) is 1.01. The zero-order valence-corrected chi connectivity index (χ0v) is 7.14. The molecule has 2 nitrogen and oxygen atoms in total. The number of aromatic amines is 2. The van der Waals surface area contributed by atoms with Crippen LogP contribution in [0.15, 0.2) is 0 Å². The van der Waals surface area contributed by atoms with Crippen LogP contribution in [0.2, 0.25) is 0 Å². The van der Waals surface area contributed by atoms with Gasteiger partial charge < -0.3 is 9.97 Å². The van der Waals surface area contributed by atoms with Gasteiger partial charge in [-0.3, -0.25) is 0 Å². The molecule has 1 rings (SSSR count). The summed E-state index contributed by atoms with van der Waals surface area (Å²) in [6, 6.07) is 0. The molecule has 0 amide bonds. The summed E-state index contributed by atoms with van der Waals surface area (Å²) in [5.41, 5.74) is 2.42. The summed E-state index contributed by atoms with van der Waals surface area (Å²) in [4.78, 5) is 6.16. The zero-order chi connectivity index (χ0) is 7.56. The minimum atomic E-state index is 0.737. The summed E-state index contributed by atoms with van der Waals surface area (Å²) < 4.78 is 0.737. The van der Waals surface area contributed by atoms with Crippen molar-refractivity contribution in [3.05, 3.63) is 16.2 Å². The highest BCUT2D eigenvalue weighted by Crippen LogP contribution is 2.04. The largest absolute Gasteiger partial charge is 0.335 e. The number of nitrogens with one attached hydrogen (secondary N) is 2. The van der Waals surface area contributed by atoms with Gasteiger partial charge in [-0.25, -0.2) is 0 Å². The molecule has 56 valence electrons. The third kappa shape index (κ3) is 1.48. The first-order chi connectivity index (χ1) is 4.74. The van der Waals surface area contributed by atoms with E-state index in [1.807, 2.05) is 6.92 Å². The van der Waals surface area contributed by atoms with E-state index in [9.17, 15) is 0 Å². The van der Waals surface area contributed by atoms with Gasteiger partial charge in [-0.15, -0.1) is 0 Å². The molecule has 0 radical (unpaired) electrons. The van der Waals surface area contributed by atoms with Crippen LogP contribution in [0.4, 0.5) is 0 Å². The smallest absolute Gasteiger partial charge is 0.174 e. The van der Waals surface area contributed by atoms with Crippen LogP contribution < -0.4 is 0 Å². The molecule has 3 heteroatoms. The fourth-order valence-corrected chi connectivity index (χ4v) is 1.28. The number of hydrogen-bond acceptors (Lipinski definition) is 1. The van der Waals surface area contributed by atoms with Crippen molar-refractivity contribution in [2.75, 3.05) is 0 Å². The predicted octanol–water partition coefficient (Wildman–Crippen LogP) is 2.33. The van der Waals surface area contributed by atoms with Crippen molar-refractivity contribution in [2.24, 2.45) is 0 Å². The van der Waals surface area contributed by atoms with Crippen molar-refractivity contribution >= 4 is 12.2 Å². The van der Waals surface area contributed by atoms with Crippen LogP contribution in [-0.4, -0.2) is 9.97 Å². The number of rotatable bonds is 2. The Morgan fingerprint density at radius 1 is 1.40 bits per heavy atom. The second-order valence-corrected chi connectivity index (χ2v) is 2.84. The van der Waals surface area contributed by atoms with Gasteiger partial charge in [0.25, 0.3) is 0 Å². The number of imidazole rings is 1. The lowest BCUT2D eigenvalue weighted by molar-refractivity contribution is 0.881. The van der Waals surface area contributed by atoms with E-state index in [1.54, 1.807) is 0 Å². The normalized spacial score (nSPS) is 10.2. The quantitative estimate of drug-likeness (QED) is 0.633. The Kier molecular flexibility index (Phi) is 2.27. The minimum Gasteiger partial charge on any atom is -0.335 e. The molecule has 0 aliphatic rings. The third-order valence-electron chi connectivity index (χ3n) is 1.52. The average molecular weight is 156 g/mol. The highest BCUT2D eigenvalue weighted by molar-refractivity contribution is 7.71. The fraction of sp³-hybridized carbons (Fsp3) is 0.571. The summed E-state index contributed by atoms with van der Waals surface area (Å²) in [5.74, 6) is 0. The molecule has 0 saturated heterocycles. The number of aryl methyl sites for hydroxylation is 2. The van der Waals surface area contributed by atoms with E-state index in [-0.39, 0.29) is 0 Å². The molecule has 1 aromatic rings. The summed E-state index contributed by atoms with van der Waals surface area (Å²) in [6.07, 6.45) is 2.24. The lowest BCUT2D eigenvalue weighted by atomic mass is 10.2. The first kappa shape index (κ1) is 7.54. The monoisotopic (exact) mass is 156 g/mol. The Hall–Kier alpha value is -0.570. The molecule has 0 unspecified atom stereocenters. The summed E-state index contributed by atoms with van der Waals surface area (Å²) >= 11 is 4.92. The molecule has 10 heavy (non-hydrogen) atoms. The Labute approximate surface area is 65.7 Å². The highest BCUT2D eigenvalue weighted by atomic mass is 32.1. The average Bonchev–Trinajstić information content (AvgIpc) is 2.13. The molecule has 0 fully saturated rings. The van der Waals surface area contributed by atoms with Crippen LogP contribution in [0.25, 0.3) is 0 Å². The predicted molar refractivity (Wildman–Crippen MR) is 44.7 cm³/mol. The first-order valence-corrected chi connectivity index (χ1v) is 3.92. The lowest BCUT2D eigenvalue weighted by Crippen LogP contribution is -1.85.